The van der Waals surface area contributed by atoms with E-state index in [0.29, 0.717) is 22.8 Å². The molecular weight excluding hydrogens is 392 g/mol. The van der Waals surface area contributed by atoms with Gasteiger partial charge in [0.05, 0.1) is 17.8 Å². The number of amides is 2. The topological polar surface area (TPSA) is 93.3 Å². The highest BCUT2D eigenvalue weighted by atomic mass is 35.5. The van der Waals surface area contributed by atoms with Gasteiger partial charge in [-0.25, -0.2) is 14.5 Å². The molecule has 2 heterocycles. The van der Waals surface area contributed by atoms with Gasteiger partial charge < -0.3 is 10.6 Å². The van der Waals surface area contributed by atoms with Gasteiger partial charge in [0.25, 0.3) is 11.8 Å². The van der Waals surface area contributed by atoms with Crippen molar-refractivity contribution in [3.63, 3.8) is 0 Å². The number of carbonyl (C=O) groups excluding carboxylic acids is 2. The lowest BCUT2D eigenvalue weighted by Crippen LogP contribution is -2.23. The molecule has 0 aliphatic rings. The zero-order chi connectivity index (χ0) is 21.1. The quantitative estimate of drug-likeness (QED) is 0.643. The van der Waals surface area contributed by atoms with Crippen LogP contribution in [0.1, 0.15) is 32.0 Å². The van der Waals surface area contributed by atoms with Crippen molar-refractivity contribution in [3.8, 4) is 5.82 Å². The second-order valence-electron chi connectivity index (χ2n) is 6.24. The maximum Gasteiger partial charge on any atom is 0.274 e. The Hall–Kier alpha value is -3.70. The summed E-state index contributed by atoms with van der Waals surface area (Å²) in [4.78, 5) is 33.0. The summed E-state index contributed by atoms with van der Waals surface area (Å²) in [6, 6.07) is 8.08. The number of nitrogens with one attached hydrogen (secondary N) is 2. The minimum Gasteiger partial charge on any atom is -0.355 e. The lowest BCUT2D eigenvalue weighted by Gasteiger charge is -2.15. The molecule has 0 saturated heterocycles. The zero-order valence-electron chi connectivity index (χ0n) is 15.9. The molecule has 0 radical (unpaired) electrons. The lowest BCUT2D eigenvalue weighted by molar-refractivity contribution is 0.0964. The molecule has 3 aromatic rings. The number of pyridine rings is 1. The van der Waals surface area contributed by atoms with Crippen molar-refractivity contribution in [2.24, 2.45) is 0 Å². The summed E-state index contributed by atoms with van der Waals surface area (Å²) in [7, 11) is 1.48. The van der Waals surface area contributed by atoms with Gasteiger partial charge in [0.2, 0.25) is 0 Å². The molecule has 2 aromatic heterocycles. The van der Waals surface area contributed by atoms with Crippen molar-refractivity contribution in [3.05, 3.63) is 75.5 Å². The third kappa shape index (κ3) is 3.95. The fraction of sp³-hybridized carbons (Fsp3) is 0.150. The van der Waals surface area contributed by atoms with Gasteiger partial charge in [0, 0.05) is 19.3 Å². The summed E-state index contributed by atoms with van der Waals surface area (Å²) < 4.78 is 1.36. The maximum absolute atomic E-state index is 13.1. The van der Waals surface area contributed by atoms with E-state index in [0.717, 1.165) is 5.56 Å². The first kappa shape index (κ1) is 20.0. The van der Waals surface area contributed by atoms with Crippen molar-refractivity contribution < 1.29 is 9.59 Å². The number of hydrogen-bond acceptors (Lipinski definition) is 4. The lowest BCUT2D eigenvalue weighted by atomic mass is 10.1. The Morgan fingerprint density at radius 2 is 1.93 bits per heavy atom. The van der Waals surface area contributed by atoms with Gasteiger partial charge in [-0.3, -0.25) is 9.59 Å². The van der Waals surface area contributed by atoms with E-state index < -0.39 is 11.8 Å². The van der Waals surface area contributed by atoms with Gasteiger partial charge in [-0.05, 0) is 37.1 Å². The van der Waals surface area contributed by atoms with Crippen LogP contribution < -0.4 is 10.6 Å². The first-order valence-electron chi connectivity index (χ1n) is 8.58. The molecule has 2 amide bonds. The third-order valence-electron chi connectivity index (χ3n) is 4.25. The maximum atomic E-state index is 13.1. The molecular formula is C20H17ClN6O2. The average Bonchev–Trinajstić information content (AvgIpc) is 3.10. The first-order chi connectivity index (χ1) is 13.8. The number of halogens is 1. The fourth-order valence-corrected chi connectivity index (χ4v) is 3.04. The van der Waals surface area contributed by atoms with E-state index >= 15 is 0 Å². The Bertz CT molecular complexity index is 1160. The summed E-state index contributed by atoms with van der Waals surface area (Å²) in [6.45, 7) is 10.8. The normalized spacial score (nSPS) is 10.3. The van der Waals surface area contributed by atoms with E-state index in [-0.39, 0.29) is 16.4 Å². The molecule has 2 N–H and O–H groups in total. The number of aryl methyl sites for hydroxylation is 2. The highest BCUT2D eigenvalue weighted by Crippen LogP contribution is 2.28. The zero-order valence-corrected chi connectivity index (χ0v) is 16.7. The van der Waals surface area contributed by atoms with Crippen molar-refractivity contribution >= 4 is 34.8 Å². The van der Waals surface area contributed by atoms with E-state index in [1.165, 1.54) is 23.9 Å². The number of hydrogen-bond donors (Lipinski definition) is 2. The van der Waals surface area contributed by atoms with Crippen LogP contribution >= 0.6 is 11.6 Å². The molecule has 0 aliphatic heterocycles. The van der Waals surface area contributed by atoms with Gasteiger partial charge in [-0.1, -0.05) is 23.7 Å². The highest BCUT2D eigenvalue weighted by molar-refractivity contribution is 6.30. The smallest absolute Gasteiger partial charge is 0.274 e. The molecule has 29 heavy (non-hydrogen) atoms. The molecule has 1 aromatic carbocycles. The highest BCUT2D eigenvalue weighted by Gasteiger charge is 2.22. The molecule has 0 saturated carbocycles. The summed E-state index contributed by atoms with van der Waals surface area (Å²) in [6.07, 6.45) is 1.59. The van der Waals surface area contributed by atoms with Gasteiger partial charge >= 0.3 is 0 Å². The Labute approximate surface area is 172 Å². The molecule has 0 unspecified atom stereocenters. The van der Waals surface area contributed by atoms with Crippen LogP contribution in [0, 0.1) is 20.4 Å². The molecule has 0 spiro atoms. The van der Waals surface area contributed by atoms with Crippen LogP contribution in [0.4, 0.5) is 11.4 Å². The van der Waals surface area contributed by atoms with Crippen LogP contribution in [-0.4, -0.2) is 33.6 Å². The number of carbonyl (C=O) groups is 2. The number of rotatable bonds is 4. The van der Waals surface area contributed by atoms with E-state index in [1.807, 2.05) is 13.0 Å². The summed E-state index contributed by atoms with van der Waals surface area (Å²) in [5.41, 5.74) is 2.35. The predicted octanol–water partition coefficient (Wildman–Crippen LogP) is 3.70. The number of anilines is 1. The third-order valence-corrected chi connectivity index (χ3v) is 4.44. The van der Waals surface area contributed by atoms with E-state index in [9.17, 15) is 9.59 Å². The molecule has 8 nitrogen and oxygen atoms in total. The second-order valence-corrected chi connectivity index (χ2v) is 6.63. The molecule has 0 fully saturated rings. The minimum absolute atomic E-state index is 0.131. The summed E-state index contributed by atoms with van der Waals surface area (Å²) in [5, 5.41) is 9.57. The van der Waals surface area contributed by atoms with Crippen LogP contribution in [0.25, 0.3) is 10.7 Å². The second kappa shape index (κ2) is 8.12. The molecule has 146 valence electrons. The first-order valence-corrected chi connectivity index (χ1v) is 8.96. The monoisotopic (exact) mass is 408 g/mol. The van der Waals surface area contributed by atoms with Gasteiger partial charge in [0.1, 0.15) is 5.69 Å². The van der Waals surface area contributed by atoms with Crippen molar-refractivity contribution in [1.82, 2.24) is 20.1 Å². The Balaban J connectivity index is 2.06. The Kier molecular flexibility index (Phi) is 5.61. The van der Waals surface area contributed by atoms with Crippen molar-refractivity contribution in [2.75, 3.05) is 12.4 Å². The summed E-state index contributed by atoms with van der Waals surface area (Å²) in [5.74, 6) is -0.463. The minimum atomic E-state index is -0.515. The van der Waals surface area contributed by atoms with Crippen molar-refractivity contribution in [2.45, 2.75) is 13.8 Å². The van der Waals surface area contributed by atoms with Crippen molar-refractivity contribution in [1.29, 1.82) is 0 Å². The Morgan fingerprint density at radius 3 is 2.59 bits per heavy atom. The SMILES string of the molecule is [C-]#[N+]c1cc(C)c(NC(=O)c2cc(Cl)nn2-c2ncccc2C)c(C(=O)NC)c1. The van der Waals surface area contributed by atoms with Gasteiger partial charge in [0.15, 0.2) is 16.7 Å². The largest absolute Gasteiger partial charge is 0.355 e. The molecule has 0 atom stereocenters. The standard InChI is InChI=1S/C20H17ClN6O2/c1-11-6-5-7-24-18(11)27-15(10-16(21)26-27)20(29)25-17-12(2)8-13(22-3)9-14(17)19(28)23-4/h5-10H,1-2,4H3,(H,23,28)(H,25,29). The van der Waals surface area contributed by atoms with Crippen LogP contribution in [0.5, 0.6) is 0 Å². The van der Waals surface area contributed by atoms with Crippen LogP contribution in [-0.2, 0) is 0 Å². The van der Waals surface area contributed by atoms with E-state index in [2.05, 4.69) is 25.6 Å². The van der Waals surface area contributed by atoms with E-state index in [4.69, 9.17) is 18.2 Å². The average molecular weight is 409 g/mol. The number of aromatic nitrogens is 3. The predicted molar refractivity (Wildman–Crippen MR) is 110 cm³/mol. The molecule has 3 rings (SSSR count). The van der Waals surface area contributed by atoms with Crippen LogP contribution in [0.3, 0.4) is 0 Å². The number of nitrogens with zero attached hydrogens (tertiary/aromatic N) is 4. The molecule has 9 heteroatoms. The molecule has 0 aliphatic carbocycles. The van der Waals surface area contributed by atoms with Crippen LogP contribution in [0.15, 0.2) is 36.5 Å². The molecule has 0 bridgehead atoms. The van der Waals surface area contributed by atoms with Crippen LogP contribution in [0.2, 0.25) is 5.15 Å². The number of benzene rings is 1. The fourth-order valence-electron chi connectivity index (χ4n) is 2.86. The Morgan fingerprint density at radius 1 is 1.17 bits per heavy atom. The summed E-state index contributed by atoms with van der Waals surface area (Å²) >= 11 is 6.05. The van der Waals surface area contributed by atoms with Gasteiger partial charge in [-0.15, -0.1) is 0 Å². The van der Waals surface area contributed by atoms with Gasteiger partial charge in [-0.2, -0.15) is 5.10 Å². The van der Waals surface area contributed by atoms with E-state index in [1.54, 1.807) is 25.3 Å².